The summed E-state index contributed by atoms with van der Waals surface area (Å²) >= 11 is 0. The molecule has 140 valence electrons. The second kappa shape index (κ2) is 8.36. The van der Waals surface area contributed by atoms with Crippen LogP contribution in [0, 0.1) is 17.5 Å². The number of rotatable bonds is 6. The van der Waals surface area contributed by atoms with Crippen LogP contribution in [0.1, 0.15) is 37.8 Å². The van der Waals surface area contributed by atoms with Gasteiger partial charge in [0.15, 0.2) is 17.5 Å². The summed E-state index contributed by atoms with van der Waals surface area (Å²) in [6.07, 6.45) is 0. The summed E-state index contributed by atoms with van der Waals surface area (Å²) < 4.78 is 39.9. The molecule has 0 aliphatic heterocycles. The first-order valence-corrected chi connectivity index (χ1v) is 8.44. The fourth-order valence-corrected chi connectivity index (χ4v) is 2.49. The lowest BCUT2D eigenvalue weighted by Gasteiger charge is -2.24. The van der Waals surface area contributed by atoms with Crippen molar-refractivity contribution in [2.24, 2.45) is 0 Å². The van der Waals surface area contributed by atoms with Gasteiger partial charge in [0.05, 0.1) is 11.7 Å². The molecular weight excluding hydrogens is 341 g/mol. The third-order valence-electron chi connectivity index (χ3n) is 4.41. The second-order valence-electron chi connectivity index (χ2n) is 6.70. The average molecular weight is 364 g/mol. The SMILES string of the molecule is CC(C)c1ccc(CN(C)[C@H](C)C(=O)Nc2ccc(F)c(F)c2F)cc1. The number of benzene rings is 2. The lowest BCUT2D eigenvalue weighted by Crippen LogP contribution is -2.39. The molecule has 2 aromatic carbocycles. The summed E-state index contributed by atoms with van der Waals surface area (Å²) in [5.74, 6) is -4.37. The maximum Gasteiger partial charge on any atom is 0.241 e. The normalized spacial score (nSPS) is 12.5. The summed E-state index contributed by atoms with van der Waals surface area (Å²) in [5, 5.41) is 2.31. The van der Waals surface area contributed by atoms with Gasteiger partial charge in [-0.3, -0.25) is 9.69 Å². The van der Waals surface area contributed by atoms with Crippen molar-refractivity contribution in [3.8, 4) is 0 Å². The molecule has 1 N–H and O–H groups in total. The van der Waals surface area contributed by atoms with E-state index >= 15 is 0 Å². The van der Waals surface area contributed by atoms with Crippen LogP contribution in [0.3, 0.4) is 0 Å². The summed E-state index contributed by atoms with van der Waals surface area (Å²) in [5.41, 5.74) is 1.89. The Bertz CT molecular complexity index is 775. The summed E-state index contributed by atoms with van der Waals surface area (Å²) in [4.78, 5) is 14.1. The maximum atomic E-state index is 13.7. The van der Waals surface area contributed by atoms with Crippen molar-refractivity contribution in [2.45, 2.75) is 39.3 Å². The highest BCUT2D eigenvalue weighted by molar-refractivity contribution is 5.94. The predicted molar refractivity (Wildman–Crippen MR) is 96.4 cm³/mol. The molecule has 1 amide bonds. The lowest BCUT2D eigenvalue weighted by atomic mass is 10.0. The monoisotopic (exact) mass is 364 g/mol. The van der Waals surface area contributed by atoms with Gasteiger partial charge >= 0.3 is 0 Å². The Balaban J connectivity index is 2.02. The van der Waals surface area contributed by atoms with Gasteiger partial charge in [-0.2, -0.15) is 0 Å². The minimum Gasteiger partial charge on any atom is -0.322 e. The van der Waals surface area contributed by atoms with E-state index in [-0.39, 0.29) is 5.69 Å². The molecule has 0 saturated heterocycles. The average Bonchev–Trinajstić information content (AvgIpc) is 2.61. The molecule has 0 spiro atoms. The van der Waals surface area contributed by atoms with Crippen molar-refractivity contribution in [3.05, 3.63) is 65.0 Å². The van der Waals surface area contributed by atoms with Gasteiger partial charge in [0.2, 0.25) is 5.91 Å². The van der Waals surface area contributed by atoms with Crippen LogP contribution in [0.15, 0.2) is 36.4 Å². The number of carbonyl (C=O) groups is 1. The van der Waals surface area contributed by atoms with E-state index in [0.29, 0.717) is 12.5 Å². The van der Waals surface area contributed by atoms with E-state index in [4.69, 9.17) is 0 Å². The highest BCUT2D eigenvalue weighted by Gasteiger charge is 2.21. The van der Waals surface area contributed by atoms with E-state index in [1.165, 1.54) is 5.56 Å². The number of hydrogen-bond donors (Lipinski definition) is 1. The Hall–Kier alpha value is -2.34. The molecule has 0 bridgehead atoms. The third-order valence-corrected chi connectivity index (χ3v) is 4.41. The van der Waals surface area contributed by atoms with Crippen molar-refractivity contribution in [2.75, 3.05) is 12.4 Å². The van der Waals surface area contributed by atoms with Gasteiger partial charge in [-0.25, -0.2) is 13.2 Å². The number of amides is 1. The van der Waals surface area contributed by atoms with Crippen LogP contribution in [-0.2, 0) is 11.3 Å². The first-order valence-electron chi connectivity index (χ1n) is 8.44. The van der Waals surface area contributed by atoms with E-state index in [1.807, 2.05) is 12.1 Å². The molecule has 26 heavy (non-hydrogen) atoms. The molecular formula is C20H23F3N2O. The van der Waals surface area contributed by atoms with Crippen molar-refractivity contribution in [1.82, 2.24) is 4.90 Å². The van der Waals surface area contributed by atoms with Gasteiger partial charge in [0.1, 0.15) is 0 Å². The molecule has 0 saturated carbocycles. The van der Waals surface area contributed by atoms with Gasteiger partial charge in [0, 0.05) is 6.54 Å². The highest BCUT2D eigenvalue weighted by atomic mass is 19.2. The number of hydrogen-bond acceptors (Lipinski definition) is 2. The molecule has 6 heteroatoms. The molecule has 0 radical (unpaired) electrons. The first-order chi connectivity index (χ1) is 12.2. The quantitative estimate of drug-likeness (QED) is 0.755. The Morgan fingerprint density at radius 1 is 1.00 bits per heavy atom. The number of halogens is 3. The zero-order chi connectivity index (χ0) is 19.4. The highest BCUT2D eigenvalue weighted by Crippen LogP contribution is 2.20. The zero-order valence-electron chi connectivity index (χ0n) is 15.3. The number of nitrogens with zero attached hydrogens (tertiary/aromatic N) is 1. The minimum absolute atomic E-state index is 0.379. The predicted octanol–water partition coefficient (Wildman–Crippen LogP) is 4.69. The Morgan fingerprint density at radius 3 is 2.19 bits per heavy atom. The summed E-state index contributed by atoms with van der Waals surface area (Å²) in [7, 11) is 1.77. The van der Waals surface area contributed by atoms with Crippen molar-refractivity contribution in [1.29, 1.82) is 0 Å². The summed E-state index contributed by atoms with van der Waals surface area (Å²) in [6.45, 7) is 6.42. The third kappa shape index (κ3) is 4.64. The second-order valence-corrected chi connectivity index (χ2v) is 6.70. The smallest absolute Gasteiger partial charge is 0.241 e. The van der Waals surface area contributed by atoms with Crippen LogP contribution in [0.4, 0.5) is 18.9 Å². The molecule has 1 atom stereocenters. The van der Waals surface area contributed by atoms with E-state index < -0.39 is 29.4 Å². The molecule has 0 aromatic heterocycles. The largest absolute Gasteiger partial charge is 0.322 e. The molecule has 3 nitrogen and oxygen atoms in total. The minimum atomic E-state index is -1.60. The van der Waals surface area contributed by atoms with E-state index in [9.17, 15) is 18.0 Å². The molecule has 0 heterocycles. The standard InChI is InChI=1S/C20H23F3N2O/c1-12(2)15-7-5-14(6-8-15)11-25(4)13(3)20(26)24-17-10-9-16(21)18(22)19(17)23/h5-10,12-13H,11H2,1-4H3,(H,24,26)/t13-/m1/s1. The fraction of sp³-hybridized carbons (Fsp3) is 0.350. The molecule has 2 rings (SSSR count). The number of nitrogens with one attached hydrogen (secondary N) is 1. The van der Waals surface area contributed by atoms with Gasteiger partial charge in [-0.1, -0.05) is 38.1 Å². The van der Waals surface area contributed by atoms with Gasteiger partial charge in [-0.15, -0.1) is 0 Å². The van der Waals surface area contributed by atoms with Crippen molar-refractivity contribution < 1.29 is 18.0 Å². The van der Waals surface area contributed by atoms with Crippen molar-refractivity contribution in [3.63, 3.8) is 0 Å². The van der Waals surface area contributed by atoms with Crippen LogP contribution in [0.2, 0.25) is 0 Å². The Labute approximate surface area is 151 Å². The van der Waals surface area contributed by atoms with Crippen LogP contribution in [-0.4, -0.2) is 23.9 Å². The van der Waals surface area contributed by atoms with Crippen LogP contribution in [0.25, 0.3) is 0 Å². The number of carbonyl (C=O) groups excluding carboxylic acids is 1. The van der Waals surface area contributed by atoms with E-state index in [0.717, 1.165) is 17.7 Å². The van der Waals surface area contributed by atoms with Crippen LogP contribution < -0.4 is 5.32 Å². The first kappa shape index (κ1) is 20.0. The number of anilines is 1. The topological polar surface area (TPSA) is 32.3 Å². The maximum absolute atomic E-state index is 13.7. The summed E-state index contributed by atoms with van der Waals surface area (Å²) in [6, 6.07) is 9.30. The fourth-order valence-electron chi connectivity index (χ4n) is 2.49. The van der Waals surface area contributed by atoms with E-state index in [2.05, 4.69) is 31.3 Å². The molecule has 0 aliphatic carbocycles. The Morgan fingerprint density at radius 2 is 1.62 bits per heavy atom. The molecule has 0 aliphatic rings. The number of likely N-dealkylation sites (N-methyl/N-ethyl adjacent to an activating group) is 1. The van der Waals surface area contributed by atoms with Gasteiger partial charge in [-0.05, 0) is 43.1 Å². The molecule has 2 aromatic rings. The lowest BCUT2D eigenvalue weighted by molar-refractivity contribution is -0.120. The van der Waals surface area contributed by atoms with Crippen LogP contribution >= 0.6 is 0 Å². The van der Waals surface area contributed by atoms with Gasteiger partial charge < -0.3 is 5.32 Å². The van der Waals surface area contributed by atoms with Gasteiger partial charge in [0.25, 0.3) is 0 Å². The molecule has 0 unspecified atom stereocenters. The van der Waals surface area contributed by atoms with Crippen molar-refractivity contribution >= 4 is 11.6 Å². The zero-order valence-corrected chi connectivity index (χ0v) is 15.3. The van der Waals surface area contributed by atoms with E-state index in [1.54, 1.807) is 18.9 Å². The molecule has 0 fully saturated rings. The Kier molecular flexibility index (Phi) is 6.42. The van der Waals surface area contributed by atoms with Crippen LogP contribution in [0.5, 0.6) is 0 Å².